The Balaban J connectivity index is 1.76. The van der Waals surface area contributed by atoms with Gasteiger partial charge in [-0.25, -0.2) is 14.4 Å². The lowest BCUT2D eigenvalue weighted by atomic mass is 10.1. The van der Waals surface area contributed by atoms with Crippen LogP contribution in [0.2, 0.25) is 0 Å². The summed E-state index contributed by atoms with van der Waals surface area (Å²) in [7, 11) is 0. The van der Waals surface area contributed by atoms with Crippen LogP contribution >= 0.6 is 0 Å². The maximum atomic E-state index is 14.2. The molecule has 0 aliphatic heterocycles. The molecule has 0 saturated carbocycles. The van der Waals surface area contributed by atoms with Gasteiger partial charge in [0.2, 0.25) is 0 Å². The Kier molecular flexibility index (Phi) is 6.83. The molecule has 0 unspecified atom stereocenters. The lowest BCUT2D eigenvalue weighted by Crippen LogP contribution is -2.25. The zero-order chi connectivity index (χ0) is 26.9. The number of nitrogens with zero attached hydrogens (tertiary/aromatic N) is 6. The Hall–Kier alpha value is -4.49. The van der Waals surface area contributed by atoms with Crippen LogP contribution in [0.1, 0.15) is 47.8 Å². The quantitative estimate of drug-likeness (QED) is 0.423. The number of aryl methyl sites for hydroxylation is 3. The molecule has 188 valence electrons. The van der Waals surface area contributed by atoms with Crippen molar-refractivity contribution in [3.8, 4) is 28.9 Å². The first-order chi connectivity index (χ1) is 17.5. The summed E-state index contributed by atoms with van der Waals surface area (Å²) in [6.45, 7) is 8.15. The first-order valence-electron chi connectivity index (χ1n) is 11.4. The van der Waals surface area contributed by atoms with E-state index in [9.17, 15) is 19.6 Å². The third-order valence-electron chi connectivity index (χ3n) is 5.67. The van der Waals surface area contributed by atoms with Gasteiger partial charge in [0.05, 0.1) is 17.1 Å². The Morgan fingerprint density at radius 1 is 1.11 bits per heavy atom. The fourth-order valence-electron chi connectivity index (χ4n) is 3.72. The molecule has 0 aliphatic carbocycles. The molecule has 10 heteroatoms. The average Bonchev–Trinajstić information content (AvgIpc) is 2.84. The Morgan fingerprint density at radius 2 is 1.86 bits per heavy atom. The monoisotopic (exact) mass is 500 g/mol. The van der Waals surface area contributed by atoms with Crippen molar-refractivity contribution in [1.82, 2.24) is 24.5 Å². The van der Waals surface area contributed by atoms with Crippen LogP contribution < -0.4 is 10.3 Å². The third-order valence-corrected chi connectivity index (χ3v) is 5.67. The molecular formula is C27H25FN6O3. The highest BCUT2D eigenvalue weighted by atomic mass is 19.1. The van der Waals surface area contributed by atoms with Crippen LogP contribution in [-0.2, 0) is 12.2 Å². The van der Waals surface area contributed by atoms with Gasteiger partial charge in [-0.05, 0) is 63.9 Å². The SMILES string of the molecule is Cc1cnc(COc2cc(C)n(-c3cc(-c4ccnc(C(C)(C)O)n4)ncc3C)c(=O)c2C#N)c(F)c1. The van der Waals surface area contributed by atoms with Gasteiger partial charge in [-0.15, -0.1) is 0 Å². The van der Waals surface area contributed by atoms with Gasteiger partial charge < -0.3 is 9.84 Å². The average molecular weight is 501 g/mol. The van der Waals surface area contributed by atoms with E-state index in [4.69, 9.17) is 4.74 Å². The van der Waals surface area contributed by atoms with Crippen LogP contribution in [0.15, 0.2) is 47.7 Å². The summed E-state index contributed by atoms with van der Waals surface area (Å²) in [4.78, 5) is 30.4. The number of pyridine rings is 3. The molecule has 0 spiro atoms. The summed E-state index contributed by atoms with van der Waals surface area (Å²) in [6.07, 6.45) is 4.65. The summed E-state index contributed by atoms with van der Waals surface area (Å²) in [5, 5.41) is 20.1. The zero-order valence-corrected chi connectivity index (χ0v) is 21.1. The first-order valence-corrected chi connectivity index (χ1v) is 11.4. The smallest absolute Gasteiger partial charge is 0.277 e. The van der Waals surface area contributed by atoms with E-state index in [0.29, 0.717) is 33.9 Å². The molecule has 0 saturated heterocycles. The van der Waals surface area contributed by atoms with Crippen molar-refractivity contribution in [3.05, 3.63) is 92.9 Å². The first kappa shape index (κ1) is 25.6. The predicted molar refractivity (Wildman–Crippen MR) is 134 cm³/mol. The van der Waals surface area contributed by atoms with Gasteiger partial charge in [0.25, 0.3) is 5.56 Å². The molecule has 4 heterocycles. The number of hydrogen-bond acceptors (Lipinski definition) is 8. The summed E-state index contributed by atoms with van der Waals surface area (Å²) in [5.41, 5.74) is 1.30. The standard InChI is InChI=1S/C27H25FN6O3/c1-15-8-19(28)22(31-12-15)14-37-24-9-17(3)34(25(35)18(24)11-29)23-10-21(32-13-16(23)2)20-6-7-30-26(33-20)27(4,5)36/h6-10,12-13,36H,14H2,1-5H3. The number of aromatic nitrogens is 5. The van der Waals surface area contributed by atoms with E-state index in [0.717, 1.165) is 0 Å². The molecule has 1 N–H and O–H groups in total. The second-order valence-electron chi connectivity index (χ2n) is 9.19. The van der Waals surface area contributed by atoms with Crippen molar-refractivity contribution < 1.29 is 14.2 Å². The number of ether oxygens (including phenoxy) is 1. The fraction of sp³-hybridized carbons (Fsp3) is 0.259. The molecule has 0 aliphatic rings. The Bertz CT molecular complexity index is 1600. The van der Waals surface area contributed by atoms with Crippen molar-refractivity contribution in [3.63, 3.8) is 0 Å². The fourth-order valence-corrected chi connectivity index (χ4v) is 3.72. The Morgan fingerprint density at radius 3 is 2.54 bits per heavy atom. The highest BCUT2D eigenvalue weighted by molar-refractivity contribution is 5.60. The minimum absolute atomic E-state index is 0.0422. The molecule has 0 atom stereocenters. The number of halogens is 1. The van der Waals surface area contributed by atoms with Gasteiger partial charge in [-0.1, -0.05) is 0 Å². The molecule has 0 fully saturated rings. The lowest BCUT2D eigenvalue weighted by molar-refractivity contribution is 0.0688. The second-order valence-corrected chi connectivity index (χ2v) is 9.19. The van der Waals surface area contributed by atoms with E-state index in [2.05, 4.69) is 19.9 Å². The van der Waals surface area contributed by atoms with Crippen molar-refractivity contribution in [2.75, 3.05) is 0 Å². The summed E-state index contributed by atoms with van der Waals surface area (Å²) in [5.74, 6) is -0.253. The van der Waals surface area contributed by atoms with E-state index < -0.39 is 17.0 Å². The van der Waals surface area contributed by atoms with Crippen LogP contribution in [0.3, 0.4) is 0 Å². The molecule has 0 aromatic carbocycles. The van der Waals surface area contributed by atoms with Crippen LogP contribution in [0.25, 0.3) is 17.1 Å². The van der Waals surface area contributed by atoms with E-state index in [1.165, 1.54) is 23.0 Å². The second kappa shape index (κ2) is 9.87. The van der Waals surface area contributed by atoms with Gasteiger partial charge in [0.15, 0.2) is 11.4 Å². The highest BCUT2D eigenvalue weighted by Crippen LogP contribution is 2.25. The molecule has 4 aromatic heterocycles. The van der Waals surface area contributed by atoms with Gasteiger partial charge in [-0.3, -0.25) is 19.3 Å². The van der Waals surface area contributed by atoms with Gasteiger partial charge in [-0.2, -0.15) is 5.26 Å². The summed E-state index contributed by atoms with van der Waals surface area (Å²) < 4.78 is 21.3. The maximum absolute atomic E-state index is 14.2. The molecule has 0 amide bonds. The van der Waals surface area contributed by atoms with Crippen LogP contribution in [-0.4, -0.2) is 29.6 Å². The van der Waals surface area contributed by atoms with E-state index in [-0.39, 0.29) is 29.4 Å². The summed E-state index contributed by atoms with van der Waals surface area (Å²) in [6, 6.07) is 8.16. The van der Waals surface area contributed by atoms with Crippen molar-refractivity contribution in [1.29, 1.82) is 5.26 Å². The van der Waals surface area contributed by atoms with E-state index in [1.807, 2.05) is 6.07 Å². The molecule has 4 aromatic rings. The van der Waals surface area contributed by atoms with Crippen LogP contribution in [0, 0.1) is 37.9 Å². The zero-order valence-electron chi connectivity index (χ0n) is 21.1. The van der Waals surface area contributed by atoms with Crippen molar-refractivity contribution in [2.45, 2.75) is 46.8 Å². The van der Waals surface area contributed by atoms with E-state index in [1.54, 1.807) is 59.0 Å². The normalized spacial score (nSPS) is 11.3. The number of nitriles is 1. The van der Waals surface area contributed by atoms with Gasteiger partial charge >= 0.3 is 0 Å². The molecule has 9 nitrogen and oxygen atoms in total. The minimum atomic E-state index is -1.24. The molecule has 0 bridgehead atoms. The number of aliphatic hydroxyl groups is 1. The van der Waals surface area contributed by atoms with Crippen LogP contribution in [0.5, 0.6) is 5.75 Å². The maximum Gasteiger partial charge on any atom is 0.277 e. The van der Waals surface area contributed by atoms with E-state index >= 15 is 0 Å². The minimum Gasteiger partial charge on any atom is -0.486 e. The summed E-state index contributed by atoms with van der Waals surface area (Å²) >= 11 is 0. The van der Waals surface area contributed by atoms with Crippen molar-refractivity contribution >= 4 is 0 Å². The van der Waals surface area contributed by atoms with Gasteiger partial charge in [0.1, 0.15) is 35.5 Å². The predicted octanol–water partition coefficient (Wildman–Crippen LogP) is 3.83. The lowest BCUT2D eigenvalue weighted by Gasteiger charge is -2.17. The largest absolute Gasteiger partial charge is 0.486 e. The topological polar surface area (TPSA) is 127 Å². The third kappa shape index (κ3) is 5.22. The number of hydrogen-bond donors (Lipinski definition) is 1. The Labute approximate surface area is 212 Å². The molecule has 0 radical (unpaired) electrons. The molecule has 37 heavy (non-hydrogen) atoms. The highest BCUT2D eigenvalue weighted by Gasteiger charge is 2.21. The molecular weight excluding hydrogens is 475 g/mol. The van der Waals surface area contributed by atoms with Crippen molar-refractivity contribution in [2.24, 2.45) is 0 Å². The van der Waals surface area contributed by atoms with Crippen LogP contribution in [0.4, 0.5) is 4.39 Å². The van der Waals surface area contributed by atoms with Gasteiger partial charge in [0, 0.05) is 30.4 Å². The molecule has 4 rings (SSSR count). The number of rotatable bonds is 6.